The van der Waals surface area contributed by atoms with Crippen LogP contribution in [-0.2, 0) is 13.0 Å². The summed E-state index contributed by atoms with van der Waals surface area (Å²) < 4.78 is 0. The first-order valence-electron chi connectivity index (χ1n) is 7.88. The lowest BCUT2D eigenvalue weighted by molar-refractivity contribution is 0.126. The Hall–Kier alpha value is -1.55. The van der Waals surface area contributed by atoms with Gasteiger partial charge in [0.1, 0.15) is 0 Å². The number of urea groups is 1. The summed E-state index contributed by atoms with van der Waals surface area (Å²) >= 11 is 0. The minimum atomic E-state index is -0.0679. The van der Waals surface area contributed by atoms with Gasteiger partial charge >= 0.3 is 6.03 Å². The predicted octanol–water partition coefficient (Wildman–Crippen LogP) is 2.60. The van der Waals surface area contributed by atoms with Crippen molar-refractivity contribution in [1.29, 1.82) is 0 Å². The van der Waals surface area contributed by atoms with Gasteiger partial charge in [0.15, 0.2) is 0 Å². The van der Waals surface area contributed by atoms with Crippen LogP contribution in [0.1, 0.15) is 43.7 Å². The molecule has 0 radical (unpaired) electrons. The molecule has 0 atom stereocenters. The van der Waals surface area contributed by atoms with Gasteiger partial charge in [-0.05, 0) is 42.2 Å². The fraction of sp³-hybridized carbons (Fsp3) is 0.588. The van der Waals surface area contributed by atoms with E-state index in [0.29, 0.717) is 12.0 Å². The second-order valence-corrected chi connectivity index (χ2v) is 6.04. The van der Waals surface area contributed by atoms with E-state index in [0.717, 1.165) is 30.5 Å². The number of hydrogen-bond donors (Lipinski definition) is 3. The summed E-state index contributed by atoms with van der Waals surface area (Å²) in [6, 6.07) is 7.74. The molecular formula is C17H26N2O2. The van der Waals surface area contributed by atoms with Crippen molar-refractivity contribution in [3.8, 4) is 0 Å². The molecule has 1 aliphatic carbocycles. The molecule has 2 rings (SSSR count). The molecule has 1 saturated carbocycles. The second kappa shape index (κ2) is 7.46. The van der Waals surface area contributed by atoms with E-state index in [2.05, 4.69) is 17.6 Å². The van der Waals surface area contributed by atoms with Crippen molar-refractivity contribution < 1.29 is 9.90 Å². The molecular weight excluding hydrogens is 264 g/mol. The second-order valence-electron chi connectivity index (χ2n) is 6.04. The third kappa shape index (κ3) is 4.46. The summed E-state index contributed by atoms with van der Waals surface area (Å²) in [6.45, 7) is 3.69. The van der Waals surface area contributed by atoms with Crippen molar-refractivity contribution in [1.82, 2.24) is 10.6 Å². The molecule has 0 aliphatic heterocycles. The number of carbonyl (C=O) groups is 1. The highest BCUT2D eigenvalue weighted by Gasteiger charge is 2.35. The quantitative estimate of drug-likeness (QED) is 0.723. The van der Waals surface area contributed by atoms with Crippen LogP contribution in [-0.4, -0.2) is 24.2 Å². The Morgan fingerprint density at radius 2 is 1.86 bits per heavy atom. The average Bonchev–Trinajstić information content (AvgIpc) is 2.47. The number of aliphatic hydroxyl groups is 1. The van der Waals surface area contributed by atoms with Crippen molar-refractivity contribution in [3.05, 3.63) is 35.4 Å². The van der Waals surface area contributed by atoms with Gasteiger partial charge < -0.3 is 15.7 Å². The first-order valence-corrected chi connectivity index (χ1v) is 7.88. The minimum Gasteiger partial charge on any atom is -0.392 e. The molecule has 1 fully saturated rings. The van der Waals surface area contributed by atoms with Crippen molar-refractivity contribution in [2.45, 2.75) is 45.6 Å². The SMILES string of the molecule is CCC1(CNC(=O)NCCc2ccc(CO)cc2)CCC1. The lowest BCUT2D eigenvalue weighted by Gasteiger charge is -2.41. The summed E-state index contributed by atoms with van der Waals surface area (Å²) in [7, 11) is 0. The molecule has 4 heteroatoms. The molecule has 1 aromatic rings. The Morgan fingerprint density at radius 1 is 1.19 bits per heavy atom. The van der Waals surface area contributed by atoms with Gasteiger partial charge in [0.25, 0.3) is 0 Å². The van der Waals surface area contributed by atoms with E-state index in [-0.39, 0.29) is 12.6 Å². The number of nitrogens with one attached hydrogen (secondary N) is 2. The highest BCUT2D eigenvalue weighted by molar-refractivity contribution is 5.73. The molecule has 0 saturated heterocycles. The molecule has 116 valence electrons. The molecule has 21 heavy (non-hydrogen) atoms. The third-order valence-corrected chi connectivity index (χ3v) is 4.69. The highest BCUT2D eigenvalue weighted by Crippen LogP contribution is 2.42. The van der Waals surface area contributed by atoms with Crippen LogP contribution in [0.4, 0.5) is 4.79 Å². The molecule has 0 spiro atoms. The standard InChI is InChI=1S/C17H26N2O2/c1-2-17(9-3-10-17)13-19-16(21)18-11-8-14-4-6-15(12-20)7-5-14/h4-7,20H,2-3,8-13H2,1H3,(H2,18,19,21). The number of rotatable bonds is 7. The van der Waals surface area contributed by atoms with Crippen LogP contribution in [0.3, 0.4) is 0 Å². The maximum Gasteiger partial charge on any atom is 0.314 e. The first kappa shape index (κ1) is 15.8. The lowest BCUT2D eigenvalue weighted by Crippen LogP contribution is -2.45. The smallest absolute Gasteiger partial charge is 0.314 e. The Labute approximate surface area is 126 Å². The van der Waals surface area contributed by atoms with Gasteiger partial charge in [-0.2, -0.15) is 0 Å². The van der Waals surface area contributed by atoms with E-state index < -0.39 is 0 Å². The van der Waals surface area contributed by atoms with E-state index in [1.807, 2.05) is 24.3 Å². The van der Waals surface area contributed by atoms with Gasteiger partial charge in [-0.3, -0.25) is 0 Å². The summed E-state index contributed by atoms with van der Waals surface area (Å²) in [5, 5.41) is 14.9. The third-order valence-electron chi connectivity index (χ3n) is 4.69. The van der Waals surface area contributed by atoms with E-state index in [9.17, 15) is 4.79 Å². The van der Waals surface area contributed by atoms with Gasteiger partial charge in [-0.1, -0.05) is 37.6 Å². The van der Waals surface area contributed by atoms with Gasteiger partial charge in [0.05, 0.1) is 6.61 Å². The summed E-state index contributed by atoms with van der Waals surface area (Å²) in [5.41, 5.74) is 2.43. The number of benzene rings is 1. The first-order chi connectivity index (χ1) is 10.2. The molecule has 0 bridgehead atoms. The summed E-state index contributed by atoms with van der Waals surface area (Å²) in [5.74, 6) is 0. The molecule has 0 unspecified atom stereocenters. The van der Waals surface area contributed by atoms with Crippen molar-refractivity contribution in [2.75, 3.05) is 13.1 Å². The summed E-state index contributed by atoms with van der Waals surface area (Å²) in [4.78, 5) is 11.8. The van der Waals surface area contributed by atoms with Crippen LogP contribution in [0.2, 0.25) is 0 Å². The Balaban J connectivity index is 1.64. The van der Waals surface area contributed by atoms with Gasteiger partial charge in [0, 0.05) is 13.1 Å². The normalized spacial score (nSPS) is 16.1. The topological polar surface area (TPSA) is 61.4 Å². The van der Waals surface area contributed by atoms with Crippen molar-refractivity contribution in [3.63, 3.8) is 0 Å². The average molecular weight is 290 g/mol. The van der Waals surface area contributed by atoms with E-state index >= 15 is 0 Å². The molecule has 3 N–H and O–H groups in total. The van der Waals surface area contributed by atoms with Gasteiger partial charge in [0.2, 0.25) is 0 Å². The fourth-order valence-corrected chi connectivity index (χ4v) is 2.79. The fourth-order valence-electron chi connectivity index (χ4n) is 2.79. The Morgan fingerprint density at radius 3 is 2.38 bits per heavy atom. The zero-order valence-corrected chi connectivity index (χ0v) is 12.8. The molecule has 4 nitrogen and oxygen atoms in total. The van der Waals surface area contributed by atoms with E-state index in [1.54, 1.807) is 0 Å². The van der Waals surface area contributed by atoms with Gasteiger partial charge in [-0.15, -0.1) is 0 Å². The monoisotopic (exact) mass is 290 g/mol. The summed E-state index contributed by atoms with van der Waals surface area (Å²) in [6.07, 6.45) is 5.71. The highest BCUT2D eigenvalue weighted by atomic mass is 16.3. The van der Waals surface area contributed by atoms with Crippen molar-refractivity contribution >= 4 is 6.03 Å². The van der Waals surface area contributed by atoms with E-state index in [4.69, 9.17) is 5.11 Å². The van der Waals surface area contributed by atoms with Crippen LogP contribution in [0.5, 0.6) is 0 Å². The maximum atomic E-state index is 11.8. The molecule has 2 amide bonds. The van der Waals surface area contributed by atoms with Gasteiger partial charge in [-0.25, -0.2) is 4.79 Å². The minimum absolute atomic E-state index is 0.0679. The number of hydrogen-bond acceptors (Lipinski definition) is 2. The number of amides is 2. The lowest BCUT2D eigenvalue weighted by atomic mass is 9.67. The predicted molar refractivity (Wildman–Crippen MR) is 84.0 cm³/mol. The largest absolute Gasteiger partial charge is 0.392 e. The molecule has 0 heterocycles. The molecule has 1 aliphatic rings. The van der Waals surface area contributed by atoms with Crippen LogP contribution in [0, 0.1) is 5.41 Å². The van der Waals surface area contributed by atoms with Crippen molar-refractivity contribution in [2.24, 2.45) is 5.41 Å². The Bertz CT molecular complexity index is 447. The molecule has 1 aromatic carbocycles. The number of carbonyl (C=O) groups excluding carboxylic acids is 1. The maximum absolute atomic E-state index is 11.8. The van der Waals surface area contributed by atoms with Crippen LogP contribution in [0.15, 0.2) is 24.3 Å². The van der Waals surface area contributed by atoms with Crippen LogP contribution >= 0.6 is 0 Å². The number of aliphatic hydroxyl groups excluding tert-OH is 1. The zero-order chi connectivity index (χ0) is 15.1. The Kier molecular flexibility index (Phi) is 5.62. The van der Waals surface area contributed by atoms with Crippen LogP contribution in [0.25, 0.3) is 0 Å². The van der Waals surface area contributed by atoms with E-state index in [1.165, 1.54) is 19.3 Å². The van der Waals surface area contributed by atoms with Crippen LogP contribution < -0.4 is 10.6 Å². The molecule has 0 aromatic heterocycles. The zero-order valence-electron chi connectivity index (χ0n) is 12.8.